The van der Waals surface area contributed by atoms with Gasteiger partial charge in [0.05, 0.1) is 23.9 Å². The lowest BCUT2D eigenvalue weighted by molar-refractivity contribution is 0.392. The highest BCUT2D eigenvalue weighted by atomic mass is 32.2. The lowest BCUT2D eigenvalue weighted by Gasteiger charge is -2.08. The molecule has 0 aliphatic carbocycles. The number of rotatable bonds is 4. The molecule has 19 heavy (non-hydrogen) atoms. The second-order valence-corrected chi connectivity index (χ2v) is 5.34. The molecule has 0 saturated carbocycles. The highest BCUT2D eigenvalue weighted by Crippen LogP contribution is 2.18. The Labute approximate surface area is 110 Å². The van der Waals surface area contributed by atoms with Crippen LogP contribution in [0.1, 0.15) is 0 Å². The minimum atomic E-state index is -3.68. The van der Waals surface area contributed by atoms with E-state index in [0.717, 1.165) is 0 Å². The van der Waals surface area contributed by atoms with Crippen LogP contribution in [0.25, 0.3) is 0 Å². The number of methoxy groups -OCH3 is 1. The number of aromatic nitrogens is 2. The summed E-state index contributed by atoms with van der Waals surface area (Å²) in [5.41, 5.74) is 6.27. The Morgan fingerprint density at radius 1 is 1.26 bits per heavy atom. The molecule has 0 fully saturated rings. The highest BCUT2D eigenvalue weighted by Gasteiger charge is 2.14. The summed E-state index contributed by atoms with van der Waals surface area (Å²) in [6, 6.07) is 7.30. The molecular weight excluding hydrogens is 268 g/mol. The van der Waals surface area contributed by atoms with Crippen molar-refractivity contribution in [3.63, 3.8) is 0 Å². The van der Waals surface area contributed by atoms with Crippen LogP contribution in [0.4, 0.5) is 11.4 Å². The SMILES string of the molecule is COc1cc(NS(=O)(=O)c2ccc(N)cc2)cnn1. The first kappa shape index (κ1) is 13.1. The molecule has 0 amide bonds. The van der Waals surface area contributed by atoms with Crippen molar-refractivity contribution in [3.05, 3.63) is 36.5 Å². The maximum Gasteiger partial charge on any atom is 0.261 e. The van der Waals surface area contributed by atoms with Crippen LogP contribution in [0.2, 0.25) is 0 Å². The molecule has 0 atom stereocenters. The Kier molecular flexibility index (Phi) is 3.52. The number of nitrogens with zero attached hydrogens (tertiary/aromatic N) is 2. The van der Waals surface area contributed by atoms with Gasteiger partial charge in [-0.15, -0.1) is 5.10 Å². The van der Waals surface area contributed by atoms with Crippen molar-refractivity contribution >= 4 is 21.4 Å². The largest absolute Gasteiger partial charge is 0.480 e. The molecule has 0 unspecified atom stereocenters. The predicted molar refractivity (Wildman–Crippen MR) is 70.2 cm³/mol. The van der Waals surface area contributed by atoms with Crippen molar-refractivity contribution in [3.8, 4) is 5.88 Å². The quantitative estimate of drug-likeness (QED) is 0.805. The van der Waals surface area contributed by atoms with Gasteiger partial charge in [0.1, 0.15) is 0 Å². The second kappa shape index (κ2) is 5.11. The van der Waals surface area contributed by atoms with E-state index in [1.165, 1.54) is 43.6 Å². The zero-order valence-corrected chi connectivity index (χ0v) is 10.9. The summed E-state index contributed by atoms with van der Waals surface area (Å²) in [6.07, 6.45) is 1.29. The molecule has 3 N–H and O–H groups in total. The van der Waals surface area contributed by atoms with E-state index >= 15 is 0 Å². The Hall–Kier alpha value is -2.35. The topological polar surface area (TPSA) is 107 Å². The minimum Gasteiger partial charge on any atom is -0.480 e. The number of nitrogens with two attached hydrogens (primary N) is 1. The van der Waals surface area contributed by atoms with Crippen LogP contribution in [0.15, 0.2) is 41.4 Å². The Morgan fingerprint density at radius 3 is 2.58 bits per heavy atom. The maximum atomic E-state index is 12.1. The van der Waals surface area contributed by atoms with Gasteiger partial charge < -0.3 is 10.5 Å². The van der Waals surface area contributed by atoms with Gasteiger partial charge in [-0.2, -0.15) is 5.10 Å². The molecule has 2 rings (SSSR count). The summed E-state index contributed by atoms with van der Waals surface area (Å²) in [6.45, 7) is 0. The van der Waals surface area contributed by atoms with E-state index in [1.807, 2.05) is 0 Å². The summed E-state index contributed by atoms with van der Waals surface area (Å²) in [4.78, 5) is 0.109. The van der Waals surface area contributed by atoms with E-state index in [4.69, 9.17) is 10.5 Å². The summed E-state index contributed by atoms with van der Waals surface area (Å²) in [5.74, 6) is 0.220. The van der Waals surface area contributed by atoms with Crippen LogP contribution >= 0.6 is 0 Å². The first-order valence-corrected chi connectivity index (χ1v) is 6.74. The van der Waals surface area contributed by atoms with Gasteiger partial charge in [-0.1, -0.05) is 0 Å². The van der Waals surface area contributed by atoms with Crippen LogP contribution in [0.5, 0.6) is 5.88 Å². The van der Waals surface area contributed by atoms with Crippen molar-refractivity contribution in [2.45, 2.75) is 4.90 Å². The van der Waals surface area contributed by atoms with E-state index in [1.54, 1.807) is 0 Å². The third-order valence-corrected chi connectivity index (χ3v) is 3.68. The molecule has 8 heteroatoms. The first-order valence-electron chi connectivity index (χ1n) is 5.26. The lowest BCUT2D eigenvalue weighted by Crippen LogP contribution is -2.13. The van der Waals surface area contributed by atoms with E-state index in [-0.39, 0.29) is 16.5 Å². The van der Waals surface area contributed by atoms with Crippen molar-refractivity contribution in [1.82, 2.24) is 10.2 Å². The first-order chi connectivity index (χ1) is 9.01. The molecule has 0 radical (unpaired) electrons. The van der Waals surface area contributed by atoms with Gasteiger partial charge in [0.25, 0.3) is 10.0 Å². The second-order valence-electron chi connectivity index (χ2n) is 3.66. The van der Waals surface area contributed by atoms with Gasteiger partial charge in [-0.25, -0.2) is 8.42 Å². The smallest absolute Gasteiger partial charge is 0.261 e. The van der Waals surface area contributed by atoms with Crippen molar-refractivity contribution in [2.75, 3.05) is 17.6 Å². The van der Waals surface area contributed by atoms with Gasteiger partial charge in [-0.05, 0) is 24.3 Å². The molecule has 0 aliphatic rings. The molecular formula is C11H12N4O3S. The molecule has 0 saturated heterocycles. The summed E-state index contributed by atoms with van der Waals surface area (Å²) in [5, 5.41) is 7.27. The van der Waals surface area contributed by atoms with Crippen molar-refractivity contribution in [1.29, 1.82) is 0 Å². The standard InChI is InChI=1S/C11H12N4O3S/c1-18-11-6-9(7-13-14-11)15-19(16,17)10-4-2-8(12)3-5-10/h2-7H,12H2,1H3,(H,14,15). The maximum absolute atomic E-state index is 12.1. The van der Waals surface area contributed by atoms with Crippen LogP contribution in [-0.4, -0.2) is 25.7 Å². The average molecular weight is 280 g/mol. The van der Waals surface area contributed by atoms with Gasteiger partial charge in [0.2, 0.25) is 5.88 Å². The minimum absolute atomic E-state index is 0.109. The van der Waals surface area contributed by atoms with Gasteiger partial charge >= 0.3 is 0 Å². The van der Waals surface area contributed by atoms with Crippen molar-refractivity contribution < 1.29 is 13.2 Å². The fourth-order valence-electron chi connectivity index (χ4n) is 1.36. The number of nitrogens with one attached hydrogen (secondary N) is 1. The number of benzene rings is 1. The number of ether oxygens (including phenoxy) is 1. The Balaban J connectivity index is 2.28. The van der Waals surface area contributed by atoms with Crippen LogP contribution in [0.3, 0.4) is 0 Å². The fraction of sp³-hybridized carbons (Fsp3) is 0.0909. The van der Waals surface area contributed by atoms with E-state index in [2.05, 4.69) is 14.9 Å². The Morgan fingerprint density at radius 2 is 1.95 bits per heavy atom. The van der Waals surface area contributed by atoms with Crippen LogP contribution in [0, 0.1) is 0 Å². The third-order valence-electron chi connectivity index (χ3n) is 2.28. The number of hydrogen-bond acceptors (Lipinski definition) is 6. The summed E-state index contributed by atoms with van der Waals surface area (Å²) in [7, 11) is -2.27. The van der Waals surface area contributed by atoms with E-state index < -0.39 is 10.0 Å². The Bertz CT molecular complexity index is 671. The summed E-state index contributed by atoms with van der Waals surface area (Å²) >= 11 is 0. The highest BCUT2D eigenvalue weighted by molar-refractivity contribution is 7.92. The van der Waals surface area contributed by atoms with Crippen LogP contribution in [-0.2, 0) is 10.0 Å². The van der Waals surface area contributed by atoms with E-state index in [9.17, 15) is 8.42 Å². The average Bonchev–Trinajstić information content (AvgIpc) is 2.39. The molecule has 7 nitrogen and oxygen atoms in total. The number of nitrogen functional groups attached to an aromatic ring is 1. The molecule has 0 spiro atoms. The summed E-state index contributed by atoms with van der Waals surface area (Å²) < 4.78 is 31.4. The molecule has 0 bridgehead atoms. The van der Waals surface area contributed by atoms with Crippen molar-refractivity contribution in [2.24, 2.45) is 0 Å². The van der Waals surface area contributed by atoms with E-state index in [0.29, 0.717) is 5.69 Å². The normalized spacial score (nSPS) is 11.0. The van der Waals surface area contributed by atoms with Gasteiger partial charge in [0.15, 0.2) is 0 Å². The number of sulfonamides is 1. The molecule has 1 aromatic heterocycles. The van der Waals surface area contributed by atoms with Crippen LogP contribution < -0.4 is 15.2 Å². The van der Waals surface area contributed by atoms with Gasteiger partial charge in [-0.3, -0.25) is 4.72 Å². The third kappa shape index (κ3) is 3.10. The monoisotopic (exact) mass is 280 g/mol. The molecule has 1 heterocycles. The molecule has 1 aromatic carbocycles. The fourth-order valence-corrected chi connectivity index (χ4v) is 2.40. The zero-order valence-electron chi connectivity index (χ0n) is 10.1. The molecule has 100 valence electrons. The lowest BCUT2D eigenvalue weighted by atomic mass is 10.3. The zero-order chi connectivity index (χ0) is 13.9. The molecule has 2 aromatic rings. The number of anilines is 2. The predicted octanol–water partition coefficient (Wildman–Crippen LogP) is 0.868. The van der Waals surface area contributed by atoms with Gasteiger partial charge in [0, 0.05) is 11.8 Å². The molecule has 0 aliphatic heterocycles. The number of hydrogen-bond donors (Lipinski definition) is 2.